The van der Waals surface area contributed by atoms with Crippen LogP contribution < -0.4 is 5.32 Å². The van der Waals surface area contributed by atoms with Crippen LogP contribution in [0.2, 0.25) is 0 Å². The third-order valence-corrected chi connectivity index (χ3v) is 4.43. The third-order valence-electron chi connectivity index (χ3n) is 4.43. The topological polar surface area (TPSA) is 38.3 Å². The maximum Gasteiger partial charge on any atom is 0.331 e. The monoisotopic (exact) mass is 293 g/mol. The highest BCUT2D eigenvalue weighted by Gasteiger charge is 2.43. The molecule has 0 aromatic heterocycles. The van der Waals surface area contributed by atoms with Crippen LogP contribution in [0.1, 0.15) is 44.6 Å². The molecule has 21 heavy (non-hydrogen) atoms. The van der Waals surface area contributed by atoms with Gasteiger partial charge in [0.1, 0.15) is 11.4 Å². The van der Waals surface area contributed by atoms with Gasteiger partial charge in [-0.05, 0) is 49.4 Å². The second-order valence-electron chi connectivity index (χ2n) is 6.09. The van der Waals surface area contributed by atoms with E-state index in [-0.39, 0.29) is 11.8 Å². The number of ether oxygens (including phenoxy) is 1. The average molecular weight is 293 g/mol. The summed E-state index contributed by atoms with van der Waals surface area (Å²) in [6, 6.07) is 4.78. The lowest BCUT2D eigenvalue weighted by Gasteiger charge is -2.39. The van der Waals surface area contributed by atoms with E-state index in [0.29, 0.717) is 11.6 Å². The van der Waals surface area contributed by atoms with Crippen molar-refractivity contribution >= 4 is 11.7 Å². The van der Waals surface area contributed by atoms with Gasteiger partial charge in [-0.1, -0.05) is 26.2 Å². The molecule has 116 valence electrons. The molecular weight excluding hydrogens is 269 g/mol. The number of benzene rings is 1. The zero-order valence-electron chi connectivity index (χ0n) is 13.0. The maximum absolute atomic E-state index is 13.6. The van der Waals surface area contributed by atoms with Crippen LogP contribution in [0, 0.1) is 18.7 Å². The summed E-state index contributed by atoms with van der Waals surface area (Å²) in [5, 5.41) is 3.28. The molecule has 1 saturated carbocycles. The van der Waals surface area contributed by atoms with Crippen LogP contribution in [0.3, 0.4) is 0 Å². The first-order valence-electron chi connectivity index (χ1n) is 7.63. The first-order valence-corrected chi connectivity index (χ1v) is 7.63. The van der Waals surface area contributed by atoms with E-state index in [1.807, 2.05) is 13.0 Å². The van der Waals surface area contributed by atoms with Crippen LogP contribution in [0.25, 0.3) is 0 Å². The molecule has 2 atom stereocenters. The normalized spacial score (nSPS) is 25.4. The Labute approximate surface area is 125 Å². The first kappa shape index (κ1) is 15.8. The molecule has 1 aliphatic rings. The minimum Gasteiger partial charge on any atom is -0.467 e. The number of anilines is 1. The van der Waals surface area contributed by atoms with Gasteiger partial charge < -0.3 is 10.1 Å². The number of methoxy groups -OCH3 is 1. The van der Waals surface area contributed by atoms with E-state index in [1.54, 1.807) is 0 Å². The minimum atomic E-state index is -0.728. The van der Waals surface area contributed by atoms with Crippen molar-refractivity contribution in [1.29, 1.82) is 0 Å². The quantitative estimate of drug-likeness (QED) is 0.851. The molecule has 2 unspecified atom stereocenters. The molecule has 1 N–H and O–H groups in total. The molecule has 1 aromatic rings. The van der Waals surface area contributed by atoms with Crippen LogP contribution in [0.15, 0.2) is 18.2 Å². The molecule has 0 aliphatic heterocycles. The highest BCUT2D eigenvalue weighted by molar-refractivity contribution is 5.84. The largest absolute Gasteiger partial charge is 0.467 e. The van der Waals surface area contributed by atoms with Crippen molar-refractivity contribution in [3.8, 4) is 0 Å². The third kappa shape index (κ3) is 3.55. The molecule has 1 aromatic carbocycles. The lowest BCUT2D eigenvalue weighted by Crippen LogP contribution is -2.50. The van der Waals surface area contributed by atoms with Crippen LogP contribution in [0.4, 0.5) is 10.1 Å². The van der Waals surface area contributed by atoms with Gasteiger partial charge >= 0.3 is 5.97 Å². The fraction of sp³-hybridized carbons (Fsp3) is 0.588. The Morgan fingerprint density at radius 3 is 2.86 bits per heavy atom. The number of carbonyl (C=O) groups is 1. The van der Waals surface area contributed by atoms with Crippen LogP contribution in [-0.2, 0) is 9.53 Å². The molecule has 0 bridgehead atoms. The lowest BCUT2D eigenvalue weighted by atomic mass is 9.74. The second-order valence-corrected chi connectivity index (χ2v) is 6.09. The van der Waals surface area contributed by atoms with Gasteiger partial charge in [-0.2, -0.15) is 0 Å². The lowest BCUT2D eigenvalue weighted by molar-refractivity contribution is -0.147. The predicted octanol–water partition coefficient (Wildman–Crippen LogP) is 4.06. The summed E-state index contributed by atoms with van der Waals surface area (Å²) in [5.41, 5.74) is 0.753. The van der Waals surface area contributed by atoms with Crippen molar-refractivity contribution in [3.05, 3.63) is 29.6 Å². The van der Waals surface area contributed by atoms with Gasteiger partial charge in [-0.3, -0.25) is 0 Å². The summed E-state index contributed by atoms with van der Waals surface area (Å²) in [6.07, 6.45) is 4.63. The van der Waals surface area contributed by atoms with Gasteiger partial charge in [0.05, 0.1) is 7.11 Å². The standard InChI is InChI=1S/C17H24FNO2/c1-4-13-6-5-7-17(11-13,16(20)21-3)19-15-9-12(2)8-14(18)10-15/h8-10,13,19H,4-7,11H2,1-3H3. The molecule has 2 rings (SSSR count). The van der Waals surface area contributed by atoms with E-state index in [0.717, 1.165) is 37.7 Å². The Balaban J connectivity index is 2.29. The minimum absolute atomic E-state index is 0.248. The van der Waals surface area contributed by atoms with Crippen molar-refractivity contribution in [2.45, 2.75) is 51.5 Å². The molecule has 0 heterocycles. The number of hydrogen-bond acceptors (Lipinski definition) is 3. The molecular formula is C17H24FNO2. The van der Waals surface area contributed by atoms with E-state index in [9.17, 15) is 9.18 Å². The maximum atomic E-state index is 13.6. The Morgan fingerprint density at radius 2 is 2.24 bits per heavy atom. The zero-order chi connectivity index (χ0) is 15.5. The molecule has 1 fully saturated rings. The Kier molecular flexibility index (Phi) is 4.86. The molecule has 3 nitrogen and oxygen atoms in total. The van der Waals surface area contributed by atoms with Gasteiger partial charge in [-0.25, -0.2) is 9.18 Å². The summed E-state index contributed by atoms with van der Waals surface area (Å²) in [6.45, 7) is 3.99. The van der Waals surface area contributed by atoms with Crippen molar-refractivity contribution in [2.75, 3.05) is 12.4 Å². The summed E-state index contributed by atoms with van der Waals surface area (Å²) >= 11 is 0. The fourth-order valence-corrected chi connectivity index (χ4v) is 3.37. The fourth-order valence-electron chi connectivity index (χ4n) is 3.37. The number of nitrogens with one attached hydrogen (secondary N) is 1. The Bertz CT molecular complexity index is 497. The SMILES string of the molecule is CCC1CCCC(Nc2cc(C)cc(F)c2)(C(=O)OC)C1. The molecule has 0 spiro atoms. The Morgan fingerprint density at radius 1 is 1.48 bits per heavy atom. The zero-order valence-corrected chi connectivity index (χ0v) is 13.0. The van der Waals surface area contributed by atoms with E-state index in [4.69, 9.17) is 4.74 Å². The average Bonchev–Trinajstić information content (AvgIpc) is 2.45. The second kappa shape index (κ2) is 6.46. The highest BCUT2D eigenvalue weighted by atomic mass is 19.1. The van der Waals surface area contributed by atoms with Gasteiger partial charge in [0.2, 0.25) is 0 Å². The van der Waals surface area contributed by atoms with Gasteiger partial charge in [0.15, 0.2) is 0 Å². The number of aryl methyl sites for hydroxylation is 1. The molecule has 0 amide bonds. The number of esters is 1. The van der Waals surface area contributed by atoms with E-state index in [2.05, 4.69) is 12.2 Å². The van der Waals surface area contributed by atoms with Crippen LogP contribution in [0.5, 0.6) is 0 Å². The van der Waals surface area contributed by atoms with Gasteiger partial charge in [0.25, 0.3) is 0 Å². The summed E-state index contributed by atoms with van der Waals surface area (Å²) in [7, 11) is 1.41. The number of hydrogen-bond donors (Lipinski definition) is 1. The van der Waals surface area contributed by atoms with Crippen molar-refractivity contribution < 1.29 is 13.9 Å². The number of halogens is 1. The van der Waals surface area contributed by atoms with Crippen molar-refractivity contribution in [2.24, 2.45) is 5.92 Å². The Hall–Kier alpha value is -1.58. The summed E-state index contributed by atoms with van der Waals surface area (Å²) < 4.78 is 18.6. The van der Waals surface area contributed by atoms with E-state index in [1.165, 1.54) is 19.2 Å². The molecule has 0 radical (unpaired) electrons. The predicted molar refractivity (Wildman–Crippen MR) is 81.8 cm³/mol. The van der Waals surface area contributed by atoms with Gasteiger partial charge in [0, 0.05) is 5.69 Å². The molecule has 1 aliphatic carbocycles. The number of carbonyl (C=O) groups excluding carboxylic acids is 1. The summed E-state index contributed by atoms with van der Waals surface area (Å²) in [5.74, 6) is -0.0389. The van der Waals surface area contributed by atoms with Crippen LogP contribution in [-0.4, -0.2) is 18.6 Å². The smallest absolute Gasteiger partial charge is 0.331 e. The van der Waals surface area contributed by atoms with Crippen molar-refractivity contribution in [1.82, 2.24) is 0 Å². The van der Waals surface area contributed by atoms with Crippen LogP contribution >= 0.6 is 0 Å². The number of rotatable bonds is 4. The first-order chi connectivity index (χ1) is 9.99. The highest BCUT2D eigenvalue weighted by Crippen LogP contribution is 2.37. The molecule has 4 heteroatoms. The molecule has 0 saturated heterocycles. The van der Waals surface area contributed by atoms with Crippen molar-refractivity contribution in [3.63, 3.8) is 0 Å². The van der Waals surface area contributed by atoms with E-state index >= 15 is 0 Å². The van der Waals surface area contributed by atoms with E-state index < -0.39 is 5.54 Å². The summed E-state index contributed by atoms with van der Waals surface area (Å²) in [4.78, 5) is 12.3. The van der Waals surface area contributed by atoms with Gasteiger partial charge in [-0.15, -0.1) is 0 Å².